The second-order valence-electron chi connectivity index (χ2n) is 5.52. The van der Waals surface area contributed by atoms with Crippen molar-refractivity contribution >= 4 is 5.97 Å². The average molecular weight is 292 g/mol. The summed E-state index contributed by atoms with van der Waals surface area (Å²) in [5, 5.41) is 18.5. The first kappa shape index (κ1) is 15.9. The summed E-state index contributed by atoms with van der Waals surface area (Å²) < 4.78 is 0. The molecule has 0 amide bonds. The van der Waals surface area contributed by atoms with Gasteiger partial charge in [-0.2, -0.15) is 0 Å². The van der Waals surface area contributed by atoms with Crippen LogP contribution in [0.2, 0.25) is 0 Å². The van der Waals surface area contributed by atoms with Gasteiger partial charge in [0.25, 0.3) is 0 Å². The summed E-state index contributed by atoms with van der Waals surface area (Å²) in [6.45, 7) is 5.07. The van der Waals surface area contributed by atoms with Crippen LogP contribution in [0.25, 0.3) is 0 Å². The number of carboxylic acid groups (broad SMARTS) is 1. The van der Waals surface area contributed by atoms with Gasteiger partial charge in [0, 0.05) is 26.2 Å². The van der Waals surface area contributed by atoms with E-state index in [9.17, 15) is 9.90 Å². The van der Waals surface area contributed by atoms with Crippen molar-refractivity contribution in [1.29, 1.82) is 0 Å². The Balaban J connectivity index is 1.96. The Morgan fingerprint density at radius 3 is 2.43 bits per heavy atom. The highest BCUT2D eigenvalue weighted by molar-refractivity contribution is 5.76. The van der Waals surface area contributed by atoms with Gasteiger partial charge in [-0.15, -0.1) is 0 Å². The van der Waals surface area contributed by atoms with Gasteiger partial charge in [-0.05, 0) is 25.1 Å². The number of rotatable bonds is 6. The largest absolute Gasteiger partial charge is 0.481 e. The zero-order valence-electron chi connectivity index (χ0n) is 12.3. The second kappa shape index (κ2) is 8.12. The highest BCUT2D eigenvalue weighted by atomic mass is 16.4. The van der Waals surface area contributed by atoms with E-state index < -0.39 is 11.9 Å². The molecule has 1 unspecified atom stereocenters. The highest BCUT2D eigenvalue weighted by Gasteiger charge is 2.24. The highest BCUT2D eigenvalue weighted by Crippen LogP contribution is 2.18. The van der Waals surface area contributed by atoms with E-state index >= 15 is 0 Å². The van der Waals surface area contributed by atoms with Crippen LogP contribution in [0, 0.1) is 0 Å². The van der Waals surface area contributed by atoms with Gasteiger partial charge in [0.15, 0.2) is 0 Å². The molecule has 1 saturated heterocycles. The Bertz CT molecular complexity index is 438. The van der Waals surface area contributed by atoms with Crippen molar-refractivity contribution in [1.82, 2.24) is 9.80 Å². The summed E-state index contributed by atoms with van der Waals surface area (Å²) >= 11 is 0. The molecule has 2 rings (SSSR count). The van der Waals surface area contributed by atoms with Crippen LogP contribution in [0.3, 0.4) is 0 Å². The molecule has 1 heterocycles. The molecule has 0 bridgehead atoms. The molecule has 0 aliphatic carbocycles. The summed E-state index contributed by atoms with van der Waals surface area (Å²) in [6, 6.07) is 9.44. The quantitative estimate of drug-likeness (QED) is 0.814. The van der Waals surface area contributed by atoms with Crippen LogP contribution in [0.5, 0.6) is 0 Å². The van der Waals surface area contributed by atoms with Gasteiger partial charge in [-0.3, -0.25) is 9.69 Å². The van der Waals surface area contributed by atoms with Crippen molar-refractivity contribution in [3.63, 3.8) is 0 Å². The lowest BCUT2D eigenvalue weighted by Gasteiger charge is -2.24. The molecule has 1 fully saturated rings. The molecule has 1 aromatic rings. The van der Waals surface area contributed by atoms with Crippen LogP contribution >= 0.6 is 0 Å². The van der Waals surface area contributed by atoms with Crippen molar-refractivity contribution in [2.24, 2.45) is 0 Å². The summed E-state index contributed by atoms with van der Waals surface area (Å²) in [7, 11) is 0. The predicted molar refractivity (Wildman–Crippen MR) is 81.4 cm³/mol. The number of hydrogen-bond acceptors (Lipinski definition) is 4. The zero-order chi connectivity index (χ0) is 15.1. The summed E-state index contributed by atoms with van der Waals surface area (Å²) in [5.74, 6) is -1.24. The smallest absolute Gasteiger partial charge is 0.312 e. The second-order valence-corrected chi connectivity index (χ2v) is 5.52. The van der Waals surface area contributed by atoms with Gasteiger partial charge in [0.2, 0.25) is 0 Å². The van der Waals surface area contributed by atoms with Crippen molar-refractivity contribution in [2.45, 2.75) is 12.3 Å². The lowest BCUT2D eigenvalue weighted by Crippen LogP contribution is -2.36. The Morgan fingerprint density at radius 2 is 1.76 bits per heavy atom. The number of aliphatic hydroxyl groups is 1. The topological polar surface area (TPSA) is 64.0 Å². The Morgan fingerprint density at radius 1 is 1.10 bits per heavy atom. The lowest BCUT2D eigenvalue weighted by atomic mass is 9.98. The third kappa shape index (κ3) is 4.81. The minimum absolute atomic E-state index is 0.182. The fraction of sp³-hybridized carbons (Fsp3) is 0.562. The van der Waals surface area contributed by atoms with E-state index in [0.29, 0.717) is 13.1 Å². The maximum Gasteiger partial charge on any atom is 0.312 e. The molecule has 1 aliphatic rings. The maximum absolute atomic E-state index is 11.6. The van der Waals surface area contributed by atoms with Crippen LogP contribution in [0.1, 0.15) is 17.9 Å². The maximum atomic E-state index is 11.6. The predicted octanol–water partition coefficient (Wildman–Crippen LogP) is 0.855. The zero-order valence-corrected chi connectivity index (χ0v) is 12.3. The molecule has 5 nitrogen and oxygen atoms in total. The molecule has 1 atom stereocenters. The van der Waals surface area contributed by atoms with Gasteiger partial charge < -0.3 is 15.1 Å². The molecule has 5 heteroatoms. The normalized spacial score (nSPS) is 19.1. The molecule has 1 aliphatic heterocycles. The Kier molecular flexibility index (Phi) is 6.17. The molecule has 0 aromatic heterocycles. The Labute approximate surface area is 125 Å². The van der Waals surface area contributed by atoms with Crippen molar-refractivity contribution < 1.29 is 15.0 Å². The molecular formula is C16H24N2O3. The number of aliphatic hydroxyl groups excluding tert-OH is 1. The summed E-state index contributed by atoms with van der Waals surface area (Å²) in [6.07, 6.45) is 1.02. The molecule has 0 saturated carbocycles. The van der Waals surface area contributed by atoms with Crippen LogP contribution in [0.4, 0.5) is 0 Å². The van der Waals surface area contributed by atoms with Crippen LogP contribution in [0.15, 0.2) is 30.3 Å². The SMILES string of the molecule is O=C(O)C(CN1CCCN(CCO)CC1)c1ccccc1. The van der Waals surface area contributed by atoms with Crippen LogP contribution in [-0.4, -0.2) is 71.9 Å². The third-order valence-electron chi connectivity index (χ3n) is 4.04. The average Bonchev–Trinajstić information content (AvgIpc) is 2.71. The van der Waals surface area contributed by atoms with E-state index in [4.69, 9.17) is 5.11 Å². The Hall–Kier alpha value is -1.43. The van der Waals surface area contributed by atoms with Crippen molar-refractivity contribution in [2.75, 3.05) is 45.9 Å². The third-order valence-corrected chi connectivity index (χ3v) is 4.04. The van der Waals surface area contributed by atoms with Crippen LogP contribution < -0.4 is 0 Å². The molecule has 2 N–H and O–H groups in total. The van der Waals surface area contributed by atoms with Crippen molar-refractivity contribution in [3.05, 3.63) is 35.9 Å². The number of aliphatic carboxylic acids is 1. The van der Waals surface area contributed by atoms with E-state index in [-0.39, 0.29) is 6.61 Å². The number of nitrogens with zero attached hydrogens (tertiary/aromatic N) is 2. The molecule has 116 valence electrons. The van der Waals surface area contributed by atoms with Gasteiger partial charge in [0.1, 0.15) is 0 Å². The first-order valence-corrected chi connectivity index (χ1v) is 7.54. The standard InChI is InChI=1S/C16H24N2O3/c19-12-11-17-7-4-8-18(10-9-17)13-15(16(20)21)14-5-2-1-3-6-14/h1-3,5-6,15,19H,4,7-13H2,(H,20,21). The fourth-order valence-electron chi connectivity index (χ4n) is 2.84. The molecule has 0 radical (unpaired) electrons. The summed E-state index contributed by atoms with van der Waals surface area (Å²) in [5.41, 5.74) is 0.862. The molecule has 1 aromatic carbocycles. The van der Waals surface area contributed by atoms with Gasteiger partial charge >= 0.3 is 5.97 Å². The first-order valence-electron chi connectivity index (χ1n) is 7.54. The van der Waals surface area contributed by atoms with E-state index in [1.165, 1.54) is 0 Å². The van der Waals surface area contributed by atoms with Gasteiger partial charge in [-0.1, -0.05) is 30.3 Å². The van der Waals surface area contributed by atoms with E-state index in [1.807, 2.05) is 30.3 Å². The molecular weight excluding hydrogens is 268 g/mol. The van der Waals surface area contributed by atoms with Gasteiger partial charge in [0.05, 0.1) is 12.5 Å². The first-order chi connectivity index (χ1) is 10.2. The minimum atomic E-state index is -0.766. The minimum Gasteiger partial charge on any atom is -0.481 e. The van der Waals surface area contributed by atoms with E-state index in [0.717, 1.165) is 38.2 Å². The van der Waals surface area contributed by atoms with Crippen LogP contribution in [-0.2, 0) is 4.79 Å². The number of hydrogen-bond donors (Lipinski definition) is 2. The fourth-order valence-corrected chi connectivity index (χ4v) is 2.84. The monoisotopic (exact) mass is 292 g/mol. The number of β-amino-alcohol motifs (C(OH)–C–C–N with tert-alkyl or cyclic N) is 1. The van der Waals surface area contributed by atoms with Gasteiger partial charge in [-0.25, -0.2) is 0 Å². The lowest BCUT2D eigenvalue weighted by molar-refractivity contribution is -0.139. The number of carboxylic acids is 1. The molecule has 21 heavy (non-hydrogen) atoms. The molecule has 0 spiro atoms. The number of carbonyl (C=O) groups is 1. The van der Waals surface area contributed by atoms with E-state index in [2.05, 4.69) is 9.80 Å². The van der Waals surface area contributed by atoms with Crippen molar-refractivity contribution in [3.8, 4) is 0 Å². The van der Waals surface area contributed by atoms with E-state index in [1.54, 1.807) is 0 Å². The number of benzene rings is 1. The summed E-state index contributed by atoms with van der Waals surface area (Å²) in [4.78, 5) is 16.0.